The van der Waals surface area contributed by atoms with Gasteiger partial charge in [0.05, 0.1) is 13.7 Å². The lowest BCUT2D eigenvalue weighted by atomic mass is 9.89. The minimum atomic E-state index is -1.37. The van der Waals surface area contributed by atoms with Gasteiger partial charge in [-0.15, -0.1) is 0 Å². The Bertz CT molecular complexity index is 1330. The maximum absolute atomic E-state index is 12.9. The Labute approximate surface area is 211 Å². The molecule has 1 fully saturated rings. The predicted octanol–water partition coefficient (Wildman–Crippen LogP) is -0.480. The summed E-state index contributed by atoms with van der Waals surface area (Å²) in [5.41, 5.74) is 6.78. The van der Waals surface area contributed by atoms with E-state index in [0.717, 1.165) is 5.56 Å². The molecule has 12 nitrogen and oxygen atoms in total. The molecule has 2 aliphatic heterocycles. The Morgan fingerprint density at radius 1 is 1.24 bits per heavy atom. The van der Waals surface area contributed by atoms with E-state index in [0.29, 0.717) is 29.0 Å². The lowest BCUT2D eigenvalue weighted by Gasteiger charge is -2.24. The van der Waals surface area contributed by atoms with E-state index < -0.39 is 29.6 Å². The first-order valence-electron chi connectivity index (χ1n) is 11.2. The van der Waals surface area contributed by atoms with Gasteiger partial charge in [-0.3, -0.25) is 25.0 Å². The zero-order chi connectivity index (χ0) is 26.6. The number of benzene rings is 2. The van der Waals surface area contributed by atoms with Crippen LogP contribution in [0.25, 0.3) is 0 Å². The zero-order valence-corrected chi connectivity index (χ0v) is 19.8. The molecule has 0 aliphatic carbocycles. The molecule has 0 spiro atoms. The molecule has 7 amide bonds. The fourth-order valence-corrected chi connectivity index (χ4v) is 4.18. The number of carbonyl (C=O) groups is 5. The van der Waals surface area contributed by atoms with Gasteiger partial charge in [-0.2, -0.15) is 0 Å². The highest BCUT2D eigenvalue weighted by atomic mass is 16.5. The second kappa shape index (κ2) is 10.4. The van der Waals surface area contributed by atoms with Crippen LogP contribution < -0.4 is 31.7 Å². The van der Waals surface area contributed by atoms with Crippen molar-refractivity contribution in [3.63, 3.8) is 0 Å². The number of fused-ring (bicyclic) bond motifs is 1. The summed E-state index contributed by atoms with van der Waals surface area (Å²) in [5, 5.41) is 9.31. The summed E-state index contributed by atoms with van der Waals surface area (Å²) < 4.78 is 5.20. The van der Waals surface area contributed by atoms with Gasteiger partial charge in [0.2, 0.25) is 6.41 Å². The molecule has 2 atom stereocenters. The molecule has 2 aromatic carbocycles. The SMILES string of the molecule is COc1ccc2c(c1)C(=O)N(C[C@@H](C#Cc1ccc(C3(CN)NC(=O)NC3=O)cc1)NC(=O)NC=O)C2. The second-order valence-electron chi connectivity index (χ2n) is 8.36. The van der Waals surface area contributed by atoms with Gasteiger partial charge in [-0.05, 0) is 35.4 Å². The van der Waals surface area contributed by atoms with Crippen LogP contribution in [0.5, 0.6) is 5.75 Å². The monoisotopic (exact) mass is 504 g/mol. The van der Waals surface area contributed by atoms with E-state index in [1.54, 1.807) is 41.3 Å². The van der Waals surface area contributed by atoms with Gasteiger partial charge in [-0.1, -0.05) is 30.0 Å². The van der Waals surface area contributed by atoms with Crippen molar-refractivity contribution < 1.29 is 28.7 Å². The first kappa shape index (κ1) is 25.2. The second-order valence-corrected chi connectivity index (χ2v) is 8.36. The van der Waals surface area contributed by atoms with E-state index in [1.165, 1.54) is 7.11 Å². The van der Waals surface area contributed by atoms with Crippen LogP contribution in [0.3, 0.4) is 0 Å². The van der Waals surface area contributed by atoms with Gasteiger partial charge in [0.15, 0.2) is 5.54 Å². The fourth-order valence-electron chi connectivity index (χ4n) is 4.18. The third-order valence-electron chi connectivity index (χ3n) is 6.11. The van der Waals surface area contributed by atoms with E-state index in [-0.39, 0.29) is 25.4 Å². The number of ether oxygens (including phenoxy) is 1. The predicted molar refractivity (Wildman–Crippen MR) is 130 cm³/mol. The van der Waals surface area contributed by atoms with Gasteiger partial charge < -0.3 is 26.0 Å². The van der Waals surface area contributed by atoms with E-state index in [2.05, 4.69) is 27.8 Å². The molecular weight excluding hydrogens is 480 g/mol. The highest BCUT2D eigenvalue weighted by molar-refractivity contribution is 6.07. The largest absolute Gasteiger partial charge is 0.497 e. The average Bonchev–Trinajstić information content (AvgIpc) is 3.37. The molecule has 1 unspecified atom stereocenters. The molecule has 190 valence electrons. The summed E-state index contributed by atoms with van der Waals surface area (Å²) >= 11 is 0. The van der Waals surface area contributed by atoms with E-state index >= 15 is 0 Å². The number of amides is 7. The Morgan fingerprint density at radius 3 is 2.62 bits per heavy atom. The number of nitrogens with two attached hydrogens (primary N) is 1. The van der Waals surface area contributed by atoms with Crippen LogP contribution >= 0.6 is 0 Å². The topological polar surface area (TPSA) is 172 Å². The fraction of sp³-hybridized carbons (Fsp3) is 0.240. The van der Waals surface area contributed by atoms with Crippen molar-refractivity contribution in [1.29, 1.82) is 0 Å². The van der Waals surface area contributed by atoms with Crippen LogP contribution in [0.15, 0.2) is 42.5 Å². The molecule has 1 saturated heterocycles. The third-order valence-corrected chi connectivity index (χ3v) is 6.11. The maximum atomic E-state index is 12.9. The molecule has 6 N–H and O–H groups in total. The van der Waals surface area contributed by atoms with Crippen molar-refractivity contribution >= 4 is 30.3 Å². The third kappa shape index (κ3) is 5.07. The van der Waals surface area contributed by atoms with Crippen LogP contribution in [-0.2, 0) is 21.7 Å². The highest BCUT2D eigenvalue weighted by Gasteiger charge is 2.46. The zero-order valence-electron chi connectivity index (χ0n) is 19.8. The summed E-state index contributed by atoms with van der Waals surface area (Å²) in [6, 6.07) is 9.57. The molecule has 2 heterocycles. The smallest absolute Gasteiger partial charge is 0.322 e. The Morgan fingerprint density at radius 2 is 2.00 bits per heavy atom. The molecular formula is C25H24N6O6. The number of carbonyl (C=O) groups excluding carboxylic acids is 5. The number of nitrogens with one attached hydrogen (secondary N) is 4. The van der Waals surface area contributed by atoms with Gasteiger partial charge in [0.1, 0.15) is 11.8 Å². The number of rotatable bonds is 7. The Kier molecular flexibility index (Phi) is 7.08. The molecule has 2 aliphatic rings. The van der Waals surface area contributed by atoms with Crippen molar-refractivity contribution in [2.24, 2.45) is 5.73 Å². The van der Waals surface area contributed by atoms with Crippen LogP contribution in [0, 0.1) is 11.8 Å². The van der Waals surface area contributed by atoms with E-state index in [9.17, 15) is 24.0 Å². The number of urea groups is 2. The van der Waals surface area contributed by atoms with Gasteiger partial charge >= 0.3 is 12.1 Å². The van der Waals surface area contributed by atoms with E-state index in [4.69, 9.17) is 10.5 Å². The number of nitrogens with zero attached hydrogens (tertiary/aromatic N) is 1. The van der Waals surface area contributed by atoms with Crippen LogP contribution in [0.2, 0.25) is 0 Å². The number of hydrogen-bond donors (Lipinski definition) is 5. The van der Waals surface area contributed by atoms with Crippen LogP contribution in [0.1, 0.15) is 27.0 Å². The van der Waals surface area contributed by atoms with E-state index in [1.807, 2.05) is 11.4 Å². The van der Waals surface area contributed by atoms with Crippen molar-refractivity contribution in [3.8, 4) is 17.6 Å². The molecule has 0 radical (unpaired) electrons. The Hall–Kier alpha value is -4.89. The molecule has 0 saturated carbocycles. The van der Waals surface area contributed by atoms with Crippen molar-refractivity contribution in [1.82, 2.24) is 26.2 Å². The molecule has 0 aromatic heterocycles. The lowest BCUT2D eigenvalue weighted by molar-refractivity contribution is -0.124. The quantitative estimate of drug-likeness (QED) is 0.192. The summed E-state index contributed by atoms with van der Waals surface area (Å²) in [6.45, 7) is 0.262. The molecule has 12 heteroatoms. The molecule has 0 bridgehead atoms. The van der Waals surface area contributed by atoms with Gasteiger partial charge in [0.25, 0.3) is 11.8 Å². The van der Waals surface area contributed by atoms with Crippen molar-refractivity contribution in [2.45, 2.75) is 18.1 Å². The summed E-state index contributed by atoms with van der Waals surface area (Å²) in [7, 11) is 1.51. The number of imide groups is 2. The molecule has 4 rings (SSSR count). The van der Waals surface area contributed by atoms with Crippen LogP contribution in [0.4, 0.5) is 9.59 Å². The molecule has 37 heavy (non-hydrogen) atoms. The lowest BCUT2D eigenvalue weighted by Crippen LogP contribution is -2.49. The van der Waals surface area contributed by atoms with Crippen molar-refractivity contribution in [3.05, 3.63) is 64.7 Å². The summed E-state index contributed by atoms with van der Waals surface area (Å²) in [4.78, 5) is 61.1. The van der Waals surface area contributed by atoms with Gasteiger partial charge in [0, 0.05) is 24.2 Å². The number of methoxy groups -OCH3 is 1. The normalized spacial score (nSPS) is 18.6. The summed E-state index contributed by atoms with van der Waals surface area (Å²) in [6.07, 6.45) is 0.243. The highest BCUT2D eigenvalue weighted by Crippen LogP contribution is 2.27. The first-order chi connectivity index (χ1) is 17.8. The minimum Gasteiger partial charge on any atom is -0.497 e. The van der Waals surface area contributed by atoms with Crippen molar-refractivity contribution in [2.75, 3.05) is 20.2 Å². The maximum Gasteiger partial charge on any atom is 0.322 e. The minimum absolute atomic E-state index is 0.0652. The first-order valence-corrected chi connectivity index (χ1v) is 11.2. The van der Waals surface area contributed by atoms with Crippen LogP contribution in [-0.4, -0.2) is 61.4 Å². The number of hydrogen-bond acceptors (Lipinski definition) is 7. The Balaban J connectivity index is 1.53. The standard InChI is InChI=1S/C25H24N6O6/c1-37-19-9-5-16-11-31(21(33)20(16)10-19)12-18(28-23(35)27-14-32)8-4-15-2-6-17(7-3-15)25(13-26)22(34)29-24(36)30-25/h2-3,5-7,9-10,14,18H,11-13,26H2,1H3,(H2,27,28,32,35)(H2,29,30,34,36)/t18-,25?/m1/s1. The average molecular weight is 505 g/mol. The van der Waals surface area contributed by atoms with Gasteiger partial charge in [-0.25, -0.2) is 9.59 Å². The summed E-state index contributed by atoms with van der Waals surface area (Å²) in [5.74, 6) is 5.64. The molecule has 2 aromatic rings.